The topological polar surface area (TPSA) is 12.9 Å². The number of thioether (sulfide) groups is 1. The van der Waals surface area contributed by atoms with E-state index in [4.69, 9.17) is 0 Å². The van der Waals surface area contributed by atoms with Crippen molar-refractivity contribution < 1.29 is 0 Å². The maximum Gasteiger partial charge on any atom is 0.0963 e. The van der Waals surface area contributed by atoms with Gasteiger partial charge in [-0.25, -0.2) is 4.98 Å². The summed E-state index contributed by atoms with van der Waals surface area (Å²) >= 11 is 1.75. The van der Waals surface area contributed by atoms with Crippen molar-refractivity contribution in [3.63, 3.8) is 0 Å². The second-order valence-corrected chi connectivity index (χ2v) is 5.04. The van der Waals surface area contributed by atoms with E-state index in [-0.39, 0.29) is 0 Å². The fourth-order valence-corrected chi connectivity index (χ4v) is 2.21. The van der Waals surface area contributed by atoms with Crippen LogP contribution in [0.4, 0.5) is 0 Å². The van der Waals surface area contributed by atoms with E-state index < -0.39 is 0 Å². The van der Waals surface area contributed by atoms with Gasteiger partial charge in [0.2, 0.25) is 0 Å². The van der Waals surface area contributed by atoms with Crippen LogP contribution in [0.2, 0.25) is 0 Å². The predicted molar refractivity (Wildman–Crippen MR) is 73.2 cm³/mol. The maximum atomic E-state index is 4.66. The van der Waals surface area contributed by atoms with Crippen molar-refractivity contribution >= 4 is 11.8 Å². The molecule has 0 radical (unpaired) electrons. The first-order chi connectivity index (χ1) is 7.80. The van der Waals surface area contributed by atoms with E-state index in [1.54, 1.807) is 11.8 Å². The monoisotopic (exact) mass is 237 g/mol. The molecule has 1 rings (SSSR count). The van der Waals surface area contributed by atoms with E-state index in [1.165, 1.54) is 48.4 Å². The molecule has 1 aromatic heterocycles. The molecule has 0 unspecified atom stereocenters. The van der Waals surface area contributed by atoms with Crippen LogP contribution in [0.5, 0.6) is 0 Å². The number of nitrogens with zero attached hydrogens (tertiary/aromatic N) is 1. The van der Waals surface area contributed by atoms with Crippen LogP contribution in [-0.4, -0.2) is 11.2 Å². The molecule has 1 aromatic rings. The van der Waals surface area contributed by atoms with Crippen LogP contribution in [0.3, 0.4) is 0 Å². The Kier molecular flexibility index (Phi) is 6.55. The number of aromatic nitrogens is 1. The first kappa shape index (κ1) is 13.6. The van der Waals surface area contributed by atoms with Gasteiger partial charge in [-0.15, -0.1) is 11.8 Å². The third-order valence-electron chi connectivity index (χ3n) is 2.73. The summed E-state index contributed by atoms with van der Waals surface area (Å²) in [5, 5.41) is 1.18. The molecule has 0 aromatic carbocycles. The molecule has 0 aliphatic carbocycles. The molecule has 1 heterocycles. The lowest BCUT2D eigenvalue weighted by Gasteiger charge is -2.07. The summed E-state index contributed by atoms with van der Waals surface area (Å²) in [4.78, 5) is 4.66. The van der Waals surface area contributed by atoms with Gasteiger partial charge < -0.3 is 0 Å². The quantitative estimate of drug-likeness (QED) is 0.648. The van der Waals surface area contributed by atoms with Crippen LogP contribution < -0.4 is 0 Å². The van der Waals surface area contributed by atoms with Gasteiger partial charge >= 0.3 is 0 Å². The fourth-order valence-electron chi connectivity index (χ4n) is 1.74. The highest BCUT2D eigenvalue weighted by Crippen LogP contribution is 2.18. The average Bonchev–Trinajstić information content (AvgIpc) is 2.33. The Morgan fingerprint density at radius 2 is 1.75 bits per heavy atom. The molecular formula is C14H23NS. The summed E-state index contributed by atoms with van der Waals surface area (Å²) in [7, 11) is 0. The van der Waals surface area contributed by atoms with Gasteiger partial charge in [-0.05, 0) is 49.6 Å². The molecule has 0 aliphatic heterocycles. The second-order valence-electron chi connectivity index (χ2n) is 4.22. The summed E-state index contributed by atoms with van der Waals surface area (Å²) in [6.45, 7) is 4.48. The van der Waals surface area contributed by atoms with Crippen molar-refractivity contribution in [3.05, 3.63) is 23.4 Å². The van der Waals surface area contributed by atoms with E-state index in [0.717, 1.165) is 6.42 Å². The number of aryl methyl sites for hydroxylation is 2. The molecule has 0 amide bonds. The minimum Gasteiger partial charge on any atom is -0.247 e. The first-order valence-corrected chi connectivity index (χ1v) is 7.56. The van der Waals surface area contributed by atoms with Crippen molar-refractivity contribution in [1.29, 1.82) is 0 Å². The highest BCUT2D eigenvalue weighted by molar-refractivity contribution is 7.98. The summed E-state index contributed by atoms with van der Waals surface area (Å²) in [5.74, 6) is 0. The lowest BCUT2D eigenvalue weighted by Crippen LogP contribution is -1.96. The molecule has 1 nitrogen and oxygen atoms in total. The zero-order valence-corrected chi connectivity index (χ0v) is 11.6. The van der Waals surface area contributed by atoms with E-state index in [9.17, 15) is 0 Å². The van der Waals surface area contributed by atoms with Gasteiger partial charge in [-0.1, -0.05) is 26.7 Å². The third-order valence-corrected chi connectivity index (χ3v) is 3.36. The molecule has 0 spiro atoms. The standard InChI is InChI=1S/C14H23NS/c1-4-6-8-12-10-13(9-7-5-2)15-14(11-12)16-3/h10-11H,4-9H2,1-3H3. The van der Waals surface area contributed by atoms with Crippen molar-refractivity contribution in [2.24, 2.45) is 0 Å². The molecule has 90 valence electrons. The average molecular weight is 237 g/mol. The molecule has 16 heavy (non-hydrogen) atoms. The number of pyridine rings is 1. The Morgan fingerprint density at radius 3 is 2.38 bits per heavy atom. The number of rotatable bonds is 7. The Morgan fingerprint density at radius 1 is 1.06 bits per heavy atom. The van der Waals surface area contributed by atoms with Crippen LogP contribution in [0.25, 0.3) is 0 Å². The lowest BCUT2D eigenvalue weighted by atomic mass is 10.1. The Hall–Kier alpha value is -0.500. The number of hydrogen-bond donors (Lipinski definition) is 0. The third kappa shape index (κ3) is 4.56. The van der Waals surface area contributed by atoms with E-state index >= 15 is 0 Å². The zero-order chi connectivity index (χ0) is 11.8. The second kappa shape index (κ2) is 7.72. The molecular weight excluding hydrogens is 214 g/mol. The van der Waals surface area contributed by atoms with Gasteiger partial charge in [0.1, 0.15) is 0 Å². The maximum absolute atomic E-state index is 4.66. The first-order valence-electron chi connectivity index (χ1n) is 6.34. The van der Waals surface area contributed by atoms with Crippen molar-refractivity contribution in [1.82, 2.24) is 4.98 Å². The van der Waals surface area contributed by atoms with E-state index in [1.807, 2.05) is 0 Å². The van der Waals surface area contributed by atoms with E-state index in [2.05, 4.69) is 37.2 Å². The van der Waals surface area contributed by atoms with Gasteiger partial charge in [-0.3, -0.25) is 0 Å². The van der Waals surface area contributed by atoms with Gasteiger partial charge in [0.25, 0.3) is 0 Å². The van der Waals surface area contributed by atoms with Crippen LogP contribution in [0.15, 0.2) is 17.2 Å². The Labute approximate surface area is 104 Å². The highest BCUT2D eigenvalue weighted by Gasteiger charge is 2.02. The van der Waals surface area contributed by atoms with Gasteiger partial charge in [-0.2, -0.15) is 0 Å². The fraction of sp³-hybridized carbons (Fsp3) is 0.643. The van der Waals surface area contributed by atoms with Gasteiger partial charge in [0, 0.05) is 5.69 Å². The summed E-state index contributed by atoms with van der Waals surface area (Å²) in [6.07, 6.45) is 9.48. The number of hydrogen-bond acceptors (Lipinski definition) is 2. The van der Waals surface area contributed by atoms with Crippen molar-refractivity contribution in [2.45, 2.75) is 57.4 Å². The van der Waals surface area contributed by atoms with Crippen LogP contribution in [-0.2, 0) is 12.8 Å². The molecule has 0 saturated carbocycles. The van der Waals surface area contributed by atoms with E-state index in [0.29, 0.717) is 0 Å². The van der Waals surface area contributed by atoms with Crippen molar-refractivity contribution in [2.75, 3.05) is 6.26 Å². The van der Waals surface area contributed by atoms with Crippen LogP contribution >= 0.6 is 11.8 Å². The van der Waals surface area contributed by atoms with Crippen molar-refractivity contribution in [3.8, 4) is 0 Å². The SMILES string of the molecule is CCCCc1cc(CCCC)nc(SC)c1. The smallest absolute Gasteiger partial charge is 0.0963 e. The van der Waals surface area contributed by atoms with Gasteiger partial charge in [0.15, 0.2) is 0 Å². The Bertz CT molecular complexity index is 283. The zero-order valence-electron chi connectivity index (χ0n) is 10.8. The molecule has 0 aliphatic rings. The molecule has 0 fully saturated rings. The molecule has 0 saturated heterocycles. The predicted octanol–water partition coefficient (Wildman–Crippen LogP) is 4.49. The van der Waals surface area contributed by atoms with Crippen LogP contribution in [0, 0.1) is 0 Å². The summed E-state index contributed by atoms with van der Waals surface area (Å²) < 4.78 is 0. The largest absolute Gasteiger partial charge is 0.247 e. The minimum atomic E-state index is 1.13. The molecule has 0 N–H and O–H groups in total. The molecule has 2 heteroatoms. The van der Waals surface area contributed by atoms with Crippen LogP contribution in [0.1, 0.15) is 50.8 Å². The highest BCUT2D eigenvalue weighted by atomic mass is 32.2. The molecule has 0 bridgehead atoms. The normalized spacial score (nSPS) is 10.7. The molecule has 0 atom stereocenters. The summed E-state index contributed by atoms with van der Waals surface area (Å²) in [5.41, 5.74) is 2.74. The minimum absolute atomic E-state index is 1.13. The number of unbranched alkanes of at least 4 members (excludes halogenated alkanes) is 2. The Balaban J connectivity index is 2.74. The lowest BCUT2D eigenvalue weighted by molar-refractivity contribution is 0.754. The van der Waals surface area contributed by atoms with Gasteiger partial charge in [0.05, 0.1) is 5.03 Å². The summed E-state index contributed by atoms with van der Waals surface area (Å²) in [6, 6.07) is 4.54.